The molecule has 0 aromatic rings. The second kappa shape index (κ2) is 43.2. The number of halogens is 1. The van der Waals surface area contributed by atoms with Crippen LogP contribution in [-0.4, -0.2) is 25.2 Å². The molecule has 0 rings (SSSR count). The molecule has 0 aliphatic carbocycles. The van der Waals surface area contributed by atoms with E-state index >= 15 is 0 Å². The molecule has 0 bridgehead atoms. The van der Waals surface area contributed by atoms with Gasteiger partial charge in [0.25, 0.3) is 0 Å². The van der Waals surface area contributed by atoms with Gasteiger partial charge in [-0.25, -0.2) is 0 Å². The van der Waals surface area contributed by atoms with Gasteiger partial charge in [0.15, 0.2) is 0 Å². The van der Waals surface area contributed by atoms with Crippen molar-refractivity contribution in [2.24, 2.45) is 0 Å². The van der Waals surface area contributed by atoms with Crippen molar-refractivity contribution < 1.29 is 61.0 Å². The molecular weight excluding hydrogens is 579 g/mol. The normalized spacial score (nSPS) is 10.7. The molecule has 0 aromatic carbocycles. The Morgan fingerprint density at radius 3 is 0.727 bits per heavy atom. The average Bonchev–Trinajstić information content (AvgIpc) is 2.99. The fourth-order valence-electron chi connectivity index (χ4n) is 5.74. The molecule has 0 fully saturated rings. The minimum atomic E-state index is -0.164. The molecule has 4 nitrogen and oxygen atoms in total. The molecule has 0 N–H and O–H groups in total. The second-order valence-corrected chi connectivity index (χ2v) is 12.8. The van der Waals surface area contributed by atoms with Crippen LogP contribution in [0.15, 0.2) is 0 Å². The van der Waals surface area contributed by atoms with Crippen LogP contribution >= 0.6 is 0 Å². The fraction of sp³-hybridized carbons (Fsp3) is 0.947. The van der Waals surface area contributed by atoms with Gasteiger partial charge in [-0.3, -0.25) is 9.59 Å². The second-order valence-electron chi connectivity index (χ2n) is 12.8. The van der Waals surface area contributed by atoms with Crippen molar-refractivity contribution >= 4 is 11.9 Å². The summed E-state index contributed by atoms with van der Waals surface area (Å²) in [7, 11) is 0. The maximum absolute atomic E-state index is 11.9. The van der Waals surface area contributed by atoms with E-state index in [2.05, 4.69) is 13.8 Å². The molecule has 44 heavy (non-hydrogen) atoms. The third-order valence-electron chi connectivity index (χ3n) is 8.58. The topological polar surface area (TPSA) is 52.6 Å². The molecule has 0 aliphatic rings. The summed E-state index contributed by atoms with van der Waals surface area (Å²) in [6.45, 7) is 4.92. The van der Waals surface area contributed by atoms with Gasteiger partial charge in [-0.05, 0) is 12.8 Å². The van der Waals surface area contributed by atoms with Crippen molar-refractivity contribution in [3.63, 3.8) is 0 Å². The standard InChI is InChI=1S/C38H74O4.ClH.Na/c1-3-5-7-9-11-13-15-17-19-21-23-25-27-29-31-33-37(39)41-35-36-42-38(40)34-32-30-28-26-24-22-20-18-16-14-12-10-8-6-4-2;;/h3-36H2,1-2H3;1H;/q;;+1/p-1. The van der Waals surface area contributed by atoms with Crippen molar-refractivity contribution in [1.29, 1.82) is 0 Å². The summed E-state index contributed by atoms with van der Waals surface area (Å²) in [4.78, 5) is 23.8. The summed E-state index contributed by atoms with van der Waals surface area (Å²) in [5.41, 5.74) is 0. The molecule has 0 aliphatic heterocycles. The number of carbonyl (C=O) groups is 2. The van der Waals surface area contributed by atoms with Gasteiger partial charge in [0, 0.05) is 12.8 Å². The van der Waals surface area contributed by atoms with Gasteiger partial charge in [-0.15, -0.1) is 0 Å². The van der Waals surface area contributed by atoms with Gasteiger partial charge < -0.3 is 21.9 Å². The summed E-state index contributed by atoms with van der Waals surface area (Å²) in [6, 6.07) is 0. The Bertz CT molecular complexity index is 513. The van der Waals surface area contributed by atoms with E-state index < -0.39 is 0 Å². The zero-order valence-electron chi connectivity index (χ0n) is 30.1. The minimum Gasteiger partial charge on any atom is -1.00 e. The van der Waals surface area contributed by atoms with Crippen LogP contribution in [-0.2, 0) is 19.1 Å². The minimum absolute atomic E-state index is 0. The van der Waals surface area contributed by atoms with Crippen LogP contribution in [0.1, 0.15) is 219 Å². The van der Waals surface area contributed by atoms with E-state index in [1.54, 1.807) is 0 Å². The van der Waals surface area contributed by atoms with Crippen LogP contribution in [0.3, 0.4) is 0 Å². The molecule has 6 heteroatoms. The largest absolute Gasteiger partial charge is 1.00 e. The van der Waals surface area contributed by atoms with Crippen molar-refractivity contribution in [1.82, 2.24) is 0 Å². The summed E-state index contributed by atoms with van der Waals surface area (Å²) in [6.07, 6.45) is 40.5. The monoisotopic (exact) mass is 653 g/mol. The SMILES string of the molecule is CCCCCCCCCCCCCCCCCC(=O)OCCOC(=O)CCCCCCCCCCCCCCCCC.[Cl-].[Na+]. The van der Waals surface area contributed by atoms with Gasteiger partial charge in [0.1, 0.15) is 13.2 Å². The summed E-state index contributed by atoms with van der Waals surface area (Å²) in [5.74, 6) is -0.327. The van der Waals surface area contributed by atoms with Crippen LogP contribution in [0.4, 0.5) is 0 Å². The molecule has 0 atom stereocenters. The van der Waals surface area contributed by atoms with E-state index in [1.807, 2.05) is 0 Å². The van der Waals surface area contributed by atoms with Crippen LogP contribution in [0.25, 0.3) is 0 Å². The summed E-state index contributed by atoms with van der Waals surface area (Å²) >= 11 is 0. The Morgan fingerprint density at radius 2 is 0.523 bits per heavy atom. The first-order valence-electron chi connectivity index (χ1n) is 19.0. The van der Waals surface area contributed by atoms with Crippen LogP contribution in [0.5, 0.6) is 0 Å². The first-order valence-corrected chi connectivity index (χ1v) is 19.0. The molecule has 0 aromatic heterocycles. The molecule has 0 saturated carbocycles. The maximum atomic E-state index is 11.9. The Morgan fingerprint density at radius 1 is 0.341 bits per heavy atom. The van der Waals surface area contributed by atoms with Gasteiger partial charge >= 0.3 is 41.5 Å². The predicted molar refractivity (Wildman–Crippen MR) is 181 cm³/mol. The Hall–Kier alpha value is 0.230. The Kier molecular flexibility index (Phi) is 47.8. The number of esters is 2. The number of rotatable bonds is 35. The predicted octanol–water partition coefficient (Wildman–Crippen LogP) is 6.60. The fourth-order valence-corrected chi connectivity index (χ4v) is 5.74. The van der Waals surface area contributed by atoms with Gasteiger partial charge in [-0.2, -0.15) is 0 Å². The number of ether oxygens (including phenoxy) is 2. The molecule has 0 unspecified atom stereocenters. The van der Waals surface area contributed by atoms with Gasteiger partial charge in [0.2, 0.25) is 0 Å². The molecular formula is C38H74ClNaO4. The van der Waals surface area contributed by atoms with Crippen LogP contribution < -0.4 is 42.0 Å². The van der Waals surface area contributed by atoms with Crippen molar-refractivity contribution in [3.8, 4) is 0 Å². The van der Waals surface area contributed by atoms with E-state index in [0.717, 1.165) is 25.7 Å². The number of carbonyl (C=O) groups excluding carboxylic acids is 2. The third kappa shape index (κ3) is 42.2. The van der Waals surface area contributed by atoms with Crippen molar-refractivity contribution in [3.05, 3.63) is 0 Å². The summed E-state index contributed by atoms with van der Waals surface area (Å²) < 4.78 is 10.5. The molecule has 0 amide bonds. The van der Waals surface area contributed by atoms with Crippen molar-refractivity contribution in [2.75, 3.05) is 13.2 Å². The molecule has 0 radical (unpaired) electrons. The van der Waals surface area contributed by atoms with E-state index in [9.17, 15) is 9.59 Å². The maximum Gasteiger partial charge on any atom is 1.00 e. The van der Waals surface area contributed by atoms with Gasteiger partial charge in [-0.1, -0.05) is 194 Å². The van der Waals surface area contributed by atoms with Crippen LogP contribution in [0, 0.1) is 0 Å². The summed E-state index contributed by atoms with van der Waals surface area (Å²) in [5, 5.41) is 0. The molecule has 0 spiro atoms. The smallest absolute Gasteiger partial charge is 1.00 e. The van der Waals surface area contributed by atoms with E-state index in [-0.39, 0.29) is 67.1 Å². The Balaban J connectivity index is -0.00000840. The van der Waals surface area contributed by atoms with E-state index in [0.29, 0.717) is 12.8 Å². The first-order chi connectivity index (χ1) is 20.7. The zero-order chi connectivity index (χ0) is 30.6. The molecule has 258 valence electrons. The van der Waals surface area contributed by atoms with E-state index in [1.165, 1.54) is 167 Å². The quantitative estimate of drug-likeness (QED) is 0.0440. The Labute approximate surface area is 303 Å². The van der Waals surface area contributed by atoms with Gasteiger partial charge in [0.05, 0.1) is 0 Å². The molecule has 0 saturated heterocycles. The first kappa shape index (κ1) is 48.6. The van der Waals surface area contributed by atoms with Crippen LogP contribution in [0.2, 0.25) is 0 Å². The number of hydrogen-bond acceptors (Lipinski definition) is 4. The number of unbranched alkanes of at least 4 members (excludes halogenated alkanes) is 28. The zero-order valence-corrected chi connectivity index (χ0v) is 32.8. The molecule has 0 heterocycles. The van der Waals surface area contributed by atoms with E-state index in [4.69, 9.17) is 9.47 Å². The average molecular weight is 653 g/mol. The number of hydrogen-bond donors (Lipinski definition) is 0. The van der Waals surface area contributed by atoms with Crippen molar-refractivity contribution in [2.45, 2.75) is 219 Å². The third-order valence-corrected chi connectivity index (χ3v) is 8.58.